The largest absolute Gasteiger partial charge is 0.507 e. The lowest BCUT2D eigenvalue weighted by Crippen LogP contribution is -2.18. The van der Waals surface area contributed by atoms with E-state index < -0.39 is 5.91 Å². The molecule has 0 fully saturated rings. The maximum atomic E-state index is 11.9. The molecule has 0 saturated heterocycles. The van der Waals surface area contributed by atoms with Crippen LogP contribution in [-0.4, -0.2) is 17.2 Å². The quantitative estimate of drug-likeness (QED) is 0.620. The van der Waals surface area contributed by atoms with Crippen LogP contribution in [0.2, 0.25) is 0 Å². The van der Waals surface area contributed by atoms with Crippen molar-refractivity contribution in [2.75, 3.05) is 0 Å². The van der Waals surface area contributed by atoms with Crippen LogP contribution in [0, 0.1) is 5.92 Å². The maximum absolute atomic E-state index is 11.9. The van der Waals surface area contributed by atoms with Gasteiger partial charge < -0.3 is 5.11 Å². The number of nitrogens with one attached hydrogen (secondary N) is 1. The first kappa shape index (κ1) is 17.7. The van der Waals surface area contributed by atoms with Gasteiger partial charge in [0.2, 0.25) is 0 Å². The molecule has 126 valence electrons. The molecule has 0 saturated carbocycles. The summed E-state index contributed by atoms with van der Waals surface area (Å²) in [5.41, 5.74) is 5.24. The number of carbonyl (C=O) groups is 1. The number of nitrogens with zero attached hydrogens (tertiary/aromatic N) is 1. The monoisotopic (exact) mass is 324 g/mol. The van der Waals surface area contributed by atoms with Gasteiger partial charge >= 0.3 is 0 Å². The molecule has 24 heavy (non-hydrogen) atoms. The third-order valence-electron chi connectivity index (χ3n) is 3.85. The first-order valence-electron chi connectivity index (χ1n) is 8.17. The third-order valence-corrected chi connectivity index (χ3v) is 3.85. The van der Waals surface area contributed by atoms with E-state index >= 15 is 0 Å². The number of phenols is 1. The highest BCUT2D eigenvalue weighted by atomic mass is 16.3. The molecule has 2 aromatic rings. The summed E-state index contributed by atoms with van der Waals surface area (Å²) in [7, 11) is 0. The van der Waals surface area contributed by atoms with Gasteiger partial charge in [-0.1, -0.05) is 57.2 Å². The normalized spacial score (nSPS) is 12.5. The van der Waals surface area contributed by atoms with Crippen molar-refractivity contribution in [1.29, 1.82) is 0 Å². The molecule has 4 heteroatoms. The summed E-state index contributed by atoms with van der Waals surface area (Å²) in [6.45, 7) is 6.40. The summed E-state index contributed by atoms with van der Waals surface area (Å²) in [6, 6.07) is 15.0. The number of rotatable bonds is 6. The van der Waals surface area contributed by atoms with Crippen LogP contribution in [0.3, 0.4) is 0 Å². The number of benzene rings is 2. The lowest BCUT2D eigenvalue weighted by atomic mass is 9.97. The molecule has 2 aromatic carbocycles. The van der Waals surface area contributed by atoms with E-state index in [-0.39, 0.29) is 17.2 Å². The summed E-state index contributed by atoms with van der Waals surface area (Å²) in [4.78, 5) is 11.9. The minimum Gasteiger partial charge on any atom is -0.507 e. The van der Waals surface area contributed by atoms with Crippen molar-refractivity contribution in [1.82, 2.24) is 5.43 Å². The Morgan fingerprint density at radius 1 is 1.12 bits per heavy atom. The van der Waals surface area contributed by atoms with Crippen molar-refractivity contribution in [3.8, 4) is 5.75 Å². The molecule has 0 unspecified atom stereocenters. The molecule has 2 rings (SSSR count). The highest BCUT2D eigenvalue weighted by molar-refractivity contribution is 5.96. The van der Waals surface area contributed by atoms with E-state index in [1.807, 2.05) is 6.92 Å². The summed E-state index contributed by atoms with van der Waals surface area (Å²) >= 11 is 0. The van der Waals surface area contributed by atoms with Crippen LogP contribution in [-0.2, 0) is 6.42 Å². The Morgan fingerprint density at radius 3 is 2.42 bits per heavy atom. The van der Waals surface area contributed by atoms with E-state index in [2.05, 4.69) is 48.6 Å². The Bertz CT molecular complexity index is 706. The molecule has 0 heterocycles. The molecular formula is C20H24N2O2. The van der Waals surface area contributed by atoms with Gasteiger partial charge in [0.05, 0.1) is 5.56 Å². The minimum atomic E-state index is -0.419. The Labute approximate surface area is 143 Å². The van der Waals surface area contributed by atoms with E-state index in [0.717, 1.165) is 6.42 Å². The molecule has 0 spiro atoms. The van der Waals surface area contributed by atoms with Gasteiger partial charge in [0.15, 0.2) is 0 Å². The summed E-state index contributed by atoms with van der Waals surface area (Å²) in [5.74, 6) is 0.253. The van der Waals surface area contributed by atoms with Crippen molar-refractivity contribution in [2.24, 2.45) is 11.0 Å². The second-order valence-electron chi connectivity index (χ2n) is 6.31. The molecule has 1 atom stereocenters. The van der Waals surface area contributed by atoms with Gasteiger partial charge in [0.25, 0.3) is 5.91 Å². The van der Waals surface area contributed by atoms with Gasteiger partial charge in [-0.05, 0) is 41.5 Å². The average Bonchev–Trinajstić information content (AvgIpc) is 2.55. The van der Waals surface area contributed by atoms with Crippen LogP contribution in [0.1, 0.15) is 48.2 Å². The van der Waals surface area contributed by atoms with Crippen LogP contribution in [0.25, 0.3) is 0 Å². The zero-order valence-electron chi connectivity index (χ0n) is 14.4. The van der Waals surface area contributed by atoms with Gasteiger partial charge in [-0.3, -0.25) is 4.79 Å². The molecule has 0 aromatic heterocycles. The first-order valence-corrected chi connectivity index (χ1v) is 8.17. The van der Waals surface area contributed by atoms with Crippen molar-refractivity contribution in [3.05, 3.63) is 65.2 Å². The molecule has 0 bridgehead atoms. The van der Waals surface area contributed by atoms with Crippen LogP contribution >= 0.6 is 0 Å². The van der Waals surface area contributed by atoms with Crippen LogP contribution in [0.15, 0.2) is 53.6 Å². The number of hydrogen-bond acceptors (Lipinski definition) is 3. The predicted molar refractivity (Wildman–Crippen MR) is 97.5 cm³/mol. The number of carbonyl (C=O) groups excluding carboxylic acids is 1. The fourth-order valence-corrected chi connectivity index (χ4v) is 2.41. The highest BCUT2D eigenvalue weighted by Gasteiger charge is 2.09. The van der Waals surface area contributed by atoms with Gasteiger partial charge in [0, 0.05) is 6.21 Å². The number of phenolic OH excluding ortho intramolecular Hbond substituents is 1. The highest BCUT2D eigenvalue weighted by Crippen LogP contribution is 2.17. The molecule has 0 aliphatic heterocycles. The lowest BCUT2D eigenvalue weighted by Gasteiger charge is -2.09. The summed E-state index contributed by atoms with van der Waals surface area (Å²) in [5, 5.41) is 13.6. The predicted octanol–water partition coefficient (Wildman–Crippen LogP) is 4.11. The Morgan fingerprint density at radius 2 is 1.79 bits per heavy atom. The zero-order chi connectivity index (χ0) is 17.5. The molecule has 2 N–H and O–H groups in total. The van der Waals surface area contributed by atoms with Crippen molar-refractivity contribution in [3.63, 3.8) is 0 Å². The standard InChI is InChI=1S/C20H24N2O2/c1-14(2)17-10-8-16(9-11-17)12-15(3)13-21-22-20(24)18-6-4-5-7-19(18)23/h4-11,13-15,23H,12H2,1-3H3,(H,22,24)/b21-13-/t15-/m0/s1. The second-order valence-corrected chi connectivity index (χ2v) is 6.31. The second kappa shape index (κ2) is 8.29. The molecule has 1 amide bonds. The zero-order valence-corrected chi connectivity index (χ0v) is 14.4. The Balaban J connectivity index is 1.87. The van der Waals surface area contributed by atoms with Crippen LogP contribution < -0.4 is 5.43 Å². The van der Waals surface area contributed by atoms with E-state index in [1.165, 1.54) is 17.2 Å². The van der Waals surface area contributed by atoms with E-state index in [1.54, 1.807) is 24.4 Å². The van der Waals surface area contributed by atoms with Gasteiger partial charge in [-0.25, -0.2) is 5.43 Å². The van der Waals surface area contributed by atoms with E-state index in [0.29, 0.717) is 5.92 Å². The molecular weight excluding hydrogens is 300 g/mol. The van der Waals surface area contributed by atoms with Gasteiger partial charge in [-0.15, -0.1) is 0 Å². The lowest BCUT2D eigenvalue weighted by molar-refractivity contribution is 0.0952. The average molecular weight is 324 g/mol. The van der Waals surface area contributed by atoms with Crippen molar-refractivity contribution < 1.29 is 9.90 Å². The number of hydrogen-bond donors (Lipinski definition) is 2. The van der Waals surface area contributed by atoms with E-state index in [4.69, 9.17) is 0 Å². The van der Waals surface area contributed by atoms with Crippen molar-refractivity contribution >= 4 is 12.1 Å². The Hall–Kier alpha value is -2.62. The summed E-state index contributed by atoms with van der Waals surface area (Å²) in [6.07, 6.45) is 2.57. The third kappa shape index (κ3) is 4.95. The van der Waals surface area contributed by atoms with E-state index in [9.17, 15) is 9.90 Å². The SMILES string of the molecule is CC(C)c1ccc(C[C@H](C)/C=N\NC(=O)c2ccccc2O)cc1. The molecule has 0 radical (unpaired) electrons. The fraction of sp³-hybridized carbons (Fsp3) is 0.300. The Kier molecular flexibility index (Phi) is 6.13. The molecule has 0 aliphatic rings. The molecule has 4 nitrogen and oxygen atoms in total. The maximum Gasteiger partial charge on any atom is 0.275 e. The first-order chi connectivity index (χ1) is 11.5. The minimum absolute atomic E-state index is 0.0523. The summed E-state index contributed by atoms with van der Waals surface area (Å²) < 4.78 is 0. The molecule has 0 aliphatic carbocycles. The van der Waals surface area contributed by atoms with Gasteiger partial charge in [-0.2, -0.15) is 5.10 Å². The number of aromatic hydroxyl groups is 1. The van der Waals surface area contributed by atoms with Crippen LogP contribution in [0.5, 0.6) is 5.75 Å². The fourth-order valence-electron chi connectivity index (χ4n) is 2.41. The van der Waals surface area contributed by atoms with Crippen molar-refractivity contribution in [2.45, 2.75) is 33.1 Å². The smallest absolute Gasteiger partial charge is 0.275 e. The topological polar surface area (TPSA) is 61.7 Å². The number of amides is 1. The van der Waals surface area contributed by atoms with Gasteiger partial charge in [0.1, 0.15) is 5.75 Å². The van der Waals surface area contributed by atoms with Crippen LogP contribution in [0.4, 0.5) is 0 Å². The number of hydrazone groups is 1. The number of para-hydroxylation sites is 1.